The van der Waals surface area contributed by atoms with Gasteiger partial charge in [-0.15, -0.1) is 0 Å². The van der Waals surface area contributed by atoms with E-state index >= 15 is 0 Å². The molecular formula is C13H15BrN4O. The van der Waals surface area contributed by atoms with Crippen LogP contribution in [0.5, 0.6) is 0 Å². The van der Waals surface area contributed by atoms with E-state index in [1.165, 1.54) is 6.42 Å². The molecule has 0 aromatic carbocycles. The van der Waals surface area contributed by atoms with Crippen molar-refractivity contribution in [3.8, 4) is 11.6 Å². The first-order chi connectivity index (χ1) is 9.19. The second kappa shape index (κ2) is 5.02. The summed E-state index contributed by atoms with van der Waals surface area (Å²) >= 11 is 3.43. The molecule has 0 atom stereocenters. The van der Waals surface area contributed by atoms with E-state index in [0.29, 0.717) is 17.4 Å². The summed E-state index contributed by atoms with van der Waals surface area (Å²) < 4.78 is 6.15. The van der Waals surface area contributed by atoms with Crippen molar-refractivity contribution in [2.75, 3.05) is 0 Å². The largest absolute Gasteiger partial charge is 0.332 e. The van der Waals surface area contributed by atoms with Gasteiger partial charge in [0.1, 0.15) is 5.69 Å². The molecule has 6 heteroatoms. The highest BCUT2D eigenvalue weighted by molar-refractivity contribution is 9.10. The minimum atomic E-state index is -0.443. The molecular weight excluding hydrogens is 308 g/mol. The summed E-state index contributed by atoms with van der Waals surface area (Å²) in [6.07, 6.45) is 6.99. The standard InChI is InChI=1S/C13H15BrN4O/c14-9-5-4-8-16-10(9)11-17-12(18-19-11)13(15)6-2-1-3-7-13/h4-5,8H,1-3,6-7,15H2. The smallest absolute Gasteiger partial charge is 0.277 e. The molecule has 0 unspecified atom stereocenters. The lowest BCUT2D eigenvalue weighted by molar-refractivity contribution is 0.275. The third-order valence-corrected chi connectivity index (χ3v) is 4.22. The van der Waals surface area contributed by atoms with Crippen molar-refractivity contribution in [1.82, 2.24) is 15.1 Å². The zero-order chi connectivity index (χ0) is 13.3. The second-order valence-electron chi connectivity index (χ2n) is 4.97. The maximum atomic E-state index is 6.39. The van der Waals surface area contributed by atoms with E-state index in [2.05, 4.69) is 31.1 Å². The Morgan fingerprint density at radius 2 is 2.05 bits per heavy atom. The number of hydrogen-bond donors (Lipinski definition) is 1. The third kappa shape index (κ3) is 2.42. The van der Waals surface area contributed by atoms with Crippen LogP contribution in [0.4, 0.5) is 0 Å². The Morgan fingerprint density at radius 3 is 2.79 bits per heavy atom. The first-order valence-electron chi connectivity index (χ1n) is 6.43. The van der Waals surface area contributed by atoms with Gasteiger partial charge in [0.2, 0.25) is 0 Å². The van der Waals surface area contributed by atoms with E-state index in [4.69, 9.17) is 10.3 Å². The minimum Gasteiger partial charge on any atom is -0.332 e. The summed E-state index contributed by atoms with van der Waals surface area (Å²) in [7, 11) is 0. The molecule has 0 spiro atoms. The van der Waals surface area contributed by atoms with Crippen LogP contribution in [0.15, 0.2) is 27.3 Å². The molecule has 5 nitrogen and oxygen atoms in total. The molecule has 100 valence electrons. The van der Waals surface area contributed by atoms with Gasteiger partial charge in [-0.05, 0) is 40.9 Å². The molecule has 2 N–H and O–H groups in total. The van der Waals surface area contributed by atoms with Gasteiger partial charge in [0.25, 0.3) is 5.89 Å². The molecule has 0 saturated heterocycles. The highest BCUT2D eigenvalue weighted by Gasteiger charge is 2.34. The van der Waals surface area contributed by atoms with E-state index in [-0.39, 0.29) is 0 Å². The molecule has 19 heavy (non-hydrogen) atoms. The summed E-state index contributed by atoms with van der Waals surface area (Å²) in [6.45, 7) is 0. The molecule has 0 bridgehead atoms. The monoisotopic (exact) mass is 322 g/mol. The Bertz CT molecular complexity index is 578. The molecule has 0 aliphatic heterocycles. The highest BCUT2D eigenvalue weighted by Crippen LogP contribution is 2.34. The summed E-state index contributed by atoms with van der Waals surface area (Å²) in [5.41, 5.74) is 6.60. The topological polar surface area (TPSA) is 77.8 Å². The van der Waals surface area contributed by atoms with Crippen LogP contribution < -0.4 is 5.73 Å². The molecule has 0 radical (unpaired) electrons. The maximum Gasteiger partial charge on any atom is 0.277 e. The van der Waals surface area contributed by atoms with E-state index < -0.39 is 5.54 Å². The van der Waals surface area contributed by atoms with Crippen molar-refractivity contribution in [3.63, 3.8) is 0 Å². The predicted molar refractivity (Wildman–Crippen MR) is 74.2 cm³/mol. The summed E-state index contributed by atoms with van der Waals surface area (Å²) in [5, 5.41) is 4.06. The number of halogens is 1. The number of rotatable bonds is 2. The molecule has 1 saturated carbocycles. The molecule has 1 aliphatic rings. The van der Waals surface area contributed by atoms with Crippen molar-refractivity contribution in [3.05, 3.63) is 28.6 Å². The molecule has 2 aromatic heterocycles. The third-order valence-electron chi connectivity index (χ3n) is 3.58. The predicted octanol–water partition coefficient (Wildman–Crippen LogP) is 3.01. The number of nitrogens with zero attached hydrogens (tertiary/aromatic N) is 3. The van der Waals surface area contributed by atoms with Crippen LogP contribution in [-0.2, 0) is 5.54 Å². The first kappa shape index (κ1) is 12.7. The average Bonchev–Trinajstić information content (AvgIpc) is 2.90. The number of nitrogens with two attached hydrogens (primary N) is 1. The van der Waals surface area contributed by atoms with Gasteiger partial charge in [-0.25, -0.2) is 4.98 Å². The van der Waals surface area contributed by atoms with Crippen LogP contribution in [0.2, 0.25) is 0 Å². The van der Waals surface area contributed by atoms with Gasteiger partial charge < -0.3 is 10.3 Å². The molecule has 1 fully saturated rings. The zero-order valence-electron chi connectivity index (χ0n) is 10.5. The number of hydrogen-bond acceptors (Lipinski definition) is 5. The fraction of sp³-hybridized carbons (Fsp3) is 0.462. The fourth-order valence-electron chi connectivity index (χ4n) is 2.47. The lowest BCUT2D eigenvalue weighted by atomic mass is 9.82. The van der Waals surface area contributed by atoms with Gasteiger partial charge >= 0.3 is 0 Å². The quantitative estimate of drug-likeness (QED) is 0.919. The molecule has 2 heterocycles. The van der Waals surface area contributed by atoms with Crippen LogP contribution in [0, 0.1) is 0 Å². The highest BCUT2D eigenvalue weighted by atomic mass is 79.9. The summed E-state index contributed by atoms with van der Waals surface area (Å²) in [5.74, 6) is 1.01. The molecule has 1 aliphatic carbocycles. The van der Waals surface area contributed by atoms with Crippen LogP contribution in [0.1, 0.15) is 37.9 Å². The maximum absolute atomic E-state index is 6.39. The van der Waals surface area contributed by atoms with Gasteiger partial charge in [-0.2, -0.15) is 4.98 Å². The zero-order valence-corrected chi connectivity index (χ0v) is 12.1. The fourth-order valence-corrected chi connectivity index (χ4v) is 2.90. The van der Waals surface area contributed by atoms with E-state index in [1.807, 2.05) is 12.1 Å². The Hall–Kier alpha value is -1.27. The number of pyridine rings is 1. The average molecular weight is 323 g/mol. The molecule has 2 aromatic rings. The van der Waals surface area contributed by atoms with Gasteiger partial charge in [0, 0.05) is 10.7 Å². The Kier molecular flexibility index (Phi) is 3.36. The lowest BCUT2D eigenvalue weighted by Crippen LogP contribution is -2.39. The van der Waals surface area contributed by atoms with E-state index in [9.17, 15) is 0 Å². The van der Waals surface area contributed by atoms with Gasteiger partial charge in [0.15, 0.2) is 5.82 Å². The van der Waals surface area contributed by atoms with Crippen molar-refractivity contribution in [2.45, 2.75) is 37.6 Å². The summed E-state index contributed by atoms with van der Waals surface area (Å²) in [4.78, 5) is 8.69. The second-order valence-corrected chi connectivity index (χ2v) is 5.83. The van der Waals surface area contributed by atoms with Crippen LogP contribution in [0.3, 0.4) is 0 Å². The minimum absolute atomic E-state index is 0.415. The van der Waals surface area contributed by atoms with Gasteiger partial charge in [-0.1, -0.05) is 24.4 Å². The van der Waals surface area contributed by atoms with E-state index in [0.717, 1.165) is 30.2 Å². The van der Waals surface area contributed by atoms with Crippen molar-refractivity contribution >= 4 is 15.9 Å². The number of aromatic nitrogens is 3. The van der Waals surface area contributed by atoms with Gasteiger partial charge in [-0.3, -0.25) is 0 Å². The SMILES string of the molecule is NC1(c2noc(-c3ncccc3Br)n2)CCCCC1. The lowest BCUT2D eigenvalue weighted by Gasteiger charge is -2.29. The van der Waals surface area contributed by atoms with Crippen LogP contribution in [-0.4, -0.2) is 15.1 Å². The van der Waals surface area contributed by atoms with Crippen LogP contribution in [0.25, 0.3) is 11.6 Å². The van der Waals surface area contributed by atoms with E-state index in [1.54, 1.807) is 6.20 Å². The van der Waals surface area contributed by atoms with Crippen LogP contribution >= 0.6 is 15.9 Å². The van der Waals surface area contributed by atoms with Crippen molar-refractivity contribution in [2.24, 2.45) is 5.73 Å². The molecule has 3 rings (SSSR count). The normalized spacial score (nSPS) is 18.4. The molecule has 0 amide bonds. The van der Waals surface area contributed by atoms with Gasteiger partial charge in [0.05, 0.1) is 5.54 Å². The Morgan fingerprint density at radius 1 is 1.26 bits per heavy atom. The Balaban J connectivity index is 1.93. The van der Waals surface area contributed by atoms with Crippen molar-refractivity contribution < 1.29 is 4.52 Å². The summed E-state index contributed by atoms with van der Waals surface area (Å²) in [6, 6.07) is 3.74. The van der Waals surface area contributed by atoms with Crippen molar-refractivity contribution in [1.29, 1.82) is 0 Å². The first-order valence-corrected chi connectivity index (χ1v) is 7.22. The Labute approximate surface area is 119 Å².